The highest BCUT2D eigenvalue weighted by Gasteiger charge is 2.35. The van der Waals surface area contributed by atoms with E-state index in [1.807, 2.05) is 11.8 Å². The molecule has 2 aliphatic rings. The number of carbonyl (C=O) groups excluding carboxylic acids is 1. The fourth-order valence-electron chi connectivity index (χ4n) is 2.97. The molecule has 0 aromatic carbocycles. The maximum Gasteiger partial charge on any atom is 0.127 e. The summed E-state index contributed by atoms with van der Waals surface area (Å²) in [4.78, 5) is 14.0. The van der Waals surface area contributed by atoms with Crippen LogP contribution in [0.5, 0.6) is 0 Å². The Balaban J connectivity index is 1.96. The summed E-state index contributed by atoms with van der Waals surface area (Å²) in [6, 6.07) is 0.650. The Bertz CT molecular complexity index is 238. The summed E-state index contributed by atoms with van der Waals surface area (Å²) in [5, 5.41) is 0. The Morgan fingerprint density at radius 1 is 1.38 bits per heavy atom. The van der Waals surface area contributed by atoms with Crippen molar-refractivity contribution in [1.82, 2.24) is 4.90 Å². The predicted molar refractivity (Wildman–Crippen MR) is 69.9 cm³/mol. The highest BCUT2D eigenvalue weighted by Crippen LogP contribution is 2.36. The van der Waals surface area contributed by atoms with Crippen molar-refractivity contribution >= 4 is 18.0 Å². The molecule has 92 valence electrons. The Labute approximate surface area is 103 Å². The summed E-state index contributed by atoms with van der Waals surface area (Å²) in [7, 11) is 0. The van der Waals surface area contributed by atoms with Gasteiger partial charge < -0.3 is 4.79 Å². The maximum atomic E-state index is 11.4. The van der Waals surface area contributed by atoms with E-state index in [1.54, 1.807) is 0 Å². The van der Waals surface area contributed by atoms with Gasteiger partial charge in [0.2, 0.25) is 0 Å². The molecule has 1 aliphatic heterocycles. The van der Waals surface area contributed by atoms with Crippen LogP contribution in [0, 0.1) is 5.41 Å². The zero-order valence-corrected chi connectivity index (χ0v) is 11.1. The van der Waals surface area contributed by atoms with Crippen molar-refractivity contribution in [1.29, 1.82) is 0 Å². The van der Waals surface area contributed by atoms with Gasteiger partial charge in [-0.25, -0.2) is 0 Å². The second kappa shape index (κ2) is 5.54. The van der Waals surface area contributed by atoms with E-state index >= 15 is 0 Å². The van der Waals surface area contributed by atoms with Crippen LogP contribution in [0.3, 0.4) is 0 Å². The van der Waals surface area contributed by atoms with E-state index in [0.29, 0.717) is 6.04 Å². The predicted octanol–water partition coefficient (Wildman–Crippen LogP) is 2.57. The molecule has 0 aromatic heterocycles. The highest BCUT2D eigenvalue weighted by molar-refractivity contribution is 7.99. The van der Waals surface area contributed by atoms with Crippen LogP contribution in [-0.2, 0) is 4.79 Å². The van der Waals surface area contributed by atoms with Gasteiger partial charge in [-0.2, -0.15) is 11.8 Å². The summed E-state index contributed by atoms with van der Waals surface area (Å²) in [5.74, 6) is 2.47. The molecule has 1 heterocycles. The molecule has 2 fully saturated rings. The Kier molecular flexibility index (Phi) is 4.31. The van der Waals surface area contributed by atoms with E-state index in [4.69, 9.17) is 0 Å². The summed E-state index contributed by atoms with van der Waals surface area (Å²) < 4.78 is 0. The van der Waals surface area contributed by atoms with Crippen molar-refractivity contribution in [2.45, 2.75) is 45.1 Å². The smallest absolute Gasteiger partial charge is 0.127 e. The lowest BCUT2D eigenvalue weighted by molar-refractivity contribution is -0.119. The average molecular weight is 241 g/mol. The first-order valence-corrected chi connectivity index (χ1v) is 7.69. The van der Waals surface area contributed by atoms with Crippen LogP contribution in [0.15, 0.2) is 0 Å². The zero-order valence-electron chi connectivity index (χ0n) is 10.3. The van der Waals surface area contributed by atoms with Gasteiger partial charge >= 0.3 is 0 Å². The van der Waals surface area contributed by atoms with Crippen molar-refractivity contribution < 1.29 is 4.79 Å². The van der Waals surface area contributed by atoms with Crippen LogP contribution in [-0.4, -0.2) is 41.8 Å². The molecule has 0 spiro atoms. The molecule has 0 bridgehead atoms. The molecule has 0 amide bonds. The average Bonchev–Trinajstić information content (AvgIpc) is 2.33. The number of nitrogens with zero attached hydrogens (tertiary/aromatic N) is 1. The number of carbonyl (C=O) groups is 1. The van der Waals surface area contributed by atoms with E-state index in [0.717, 1.165) is 19.4 Å². The Morgan fingerprint density at radius 3 is 2.75 bits per heavy atom. The largest absolute Gasteiger partial charge is 0.303 e. The number of rotatable bonds is 3. The molecule has 1 atom stereocenters. The normalized spacial score (nSPS) is 31.2. The third kappa shape index (κ3) is 2.80. The molecule has 0 aromatic rings. The zero-order chi connectivity index (χ0) is 11.4. The lowest BCUT2D eigenvalue weighted by atomic mass is 9.74. The fraction of sp³-hybridized carbons (Fsp3) is 0.923. The molecular formula is C13H23NOS. The first-order valence-electron chi connectivity index (χ1n) is 6.54. The summed E-state index contributed by atoms with van der Waals surface area (Å²) in [6.07, 6.45) is 7.31. The topological polar surface area (TPSA) is 20.3 Å². The second-order valence-corrected chi connectivity index (χ2v) is 6.59. The van der Waals surface area contributed by atoms with Gasteiger partial charge in [0.15, 0.2) is 0 Å². The number of thioether (sulfide) groups is 1. The molecule has 1 saturated heterocycles. The molecule has 2 nitrogen and oxygen atoms in total. The molecular weight excluding hydrogens is 218 g/mol. The number of hydrogen-bond donors (Lipinski definition) is 0. The van der Waals surface area contributed by atoms with Crippen molar-refractivity contribution in [2.75, 3.05) is 24.6 Å². The van der Waals surface area contributed by atoms with E-state index in [9.17, 15) is 4.79 Å². The summed E-state index contributed by atoms with van der Waals surface area (Å²) in [5.41, 5.74) is -0.00544. The second-order valence-electron chi connectivity index (χ2n) is 5.44. The summed E-state index contributed by atoms with van der Waals surface area (Å²) >= 11 is 2.05. The van der Waals surface area contributed by atoms with Gasteiger partial charge in [0.25, 0.3) is 0 Å². The van der Waals surface area contributed by atoms with Crippen LogP contribution in [0.25, 0.3) is 0 Å². The standard InChI is InChI=1S/C13H23NOS/c1-12-9-16-8-7-14(12)10-13(11-15)5-3-2-4-6-13/h11-12H,2-10H2,1H3. The molecule has 1 unspecified atom stereocenters. The summed E-state index contributed by atoms with van der Waals surface area (Å²) in [6.45, 7) is 4.48. The first-order chi connectivity index (χ1) is 7.76. The minimum absolute atomic E-state index is 0.00544. The van der Waals surface area contributed by atoms with Crippen molar-refractivity contribution in [3.05, 3.63) is 0 Å². The van der Waals surface area contributed by atoms with Gasteiger partial charge in [0.05, 0.1) is 0 Å². The van der Waals surface area contributed by atoms with Gasteiger partial charge in [0.1, 0.15) is 6.29 Å². The van der Waals surface area contributed by atoms with E-state index in [2.05, 4.69) is 11.8 Å². The monoisotopic (exact) mass is 241 g/mol. The van der Waals surface area contributed by atoms with Crippen LogP contribution in [0.2, 0.25) is 0 Å². The maximum absolute atomic E-state index is 11.4. The van der Waals surface area contributed by atoms with Gasteiger partial charge in [-0.3, -0.25) is 4.90 Å². The van der Waals surface area contributed by atoms with Crippen LogP contribution >= 0.6 is 11.8 Å². The third-order valence-corrected chi connectivity index (χ3v) is 5.31. The number of hydrogen-bond acceptors (Lipinski definition) is 3. The Hall–Kier alpha value is -0.0200. The van der Waals surface area contributed by atoms with Gasteiger partial charge in [0, 0.05) is 36.1 Å². The fourth-order valence-corrected chi connectivity index (χ4v) is 4.05. The lowest BCUT2D eigenvalue weighted by Gasteiger charge is -2.41. The van der Waals surface area contributed by atoms with Crippen LogP contribution < -0.4 is 0 Å². The molecule has 3 heteroatoms. The van der Waals surface area contributed by atoms with Crippen LogP contribution in [0.1, 0.15) is 39.0 Å². The highest BCUT2D eigenvalue weighted by atomic mass is 32.2. The number of aldehydes is 1. The molecule has 0 radical (unpaired) electrons. The van der Waals surface area contributed by atoms with E-state index in [-0.39, 0.29) is 5.41 Å². The SMILES string of the molecule is CC1CSCCN1CC1(C=O)CCCCC1. The molecule has 16 heavy (non-hydrogen) atoms. The molecule has 0 N–H and O–H groups in total. The lowest BCUT2D eigenvalue weighted by Crippen LogP contribution is -2.48. The van der Waals surface area contributed by atoms with Gasteiger partial charge in [-0.15, -0.1) is 0 Å². The van der Waals surface area contributed by atoms with E-state index in [1.165, 1.54) is 43.6 Å². The Morgan fingerprint density at radius 2 is 2.12 bits per heavy atom. The molecule has 1 saturated carbocycles. The van der Waals surface area contributed by atoms with E-state index < -0.39 is 0 Å². The van der Waals surface area contributed by atoms with Crippen LogP contribution in [0.4, 0.5) is 0 Å². The first kappa shape index (κ1) is 12.4. The minimum Gasteiger partial charge on any atom is -0.303 e. The van der Waals surface area contributed by atoms with Crippen molar-refractivity contribution in [3.8, 4) is 0 Å². The quantitative estimate of drug-likeness (QED) is 0.708. The minimum atomic E-state index is -0.00544. The molecule has 1 aliphatic carbocycles. The van der Waals surface area contributed by atoms with Gasteiger partial charge in [-0.05, 0) is 19.8 Å². The third-order valence-electron chi connectivity index (χ3n) is 4.12. The van der Waals surface area contributed by atoms with Crippen molar-refractivity contribution in [3.63, 3.8) is 0 Å². The van der Waals surface area contributed by atoms with Gasteiger partial charge in [-0.1, -0.05) is 19.3 Å². The molecule has 2 rings (SSSR count). The van der Waals surface area contributed by atoms with Crippen molar-refractivity contribution in [2.24, 2.45) is 5.41 Å².